The number of carbonyl (C=O) groups excluding carboxylic acids is 1. The van der Waals surface area contributed by atoms with E-state index in [1.54, 1.807) is 0 Å². The monoisotopic (exact) mass is 230 g/mol. The van der Waals surface area contributed by atoms with E-state index in [9.17, 15) is 4.79 Å². The number of nitrogens with one attached hydrogen (secondary N) is 1. The summed E-state index contributed by atoms with van der Waals surface area (Å²) in [5.41, 5.74) is 5.39. The van der Waals surface area contributed by atoms with E-state index < -0.39 is 0 Å². The van der Waals surface area contributed by atoms with Gasteiger partial charge in [-0.15, -0.1) is 0 Å². The molecule has 4 heteroatoms. The molecule has 0 aromatic rings. The molecule has 0 aliphatic heterocycles. The van der Waals surface area contributed by atoms with Crippen LogP contribution in [0.25, 0.3) is 0 Å². The Morgan fingerprint density at radius 2 is 2.20 bits per heavy atom. The Hall–Kier alpha value is -0.220. The third kappa shape index (κ3) is 4.89. The van der Waals surface area contributed by atoms with Gasteiger partial charge in [-0.3, -0.25) is 4.79 Å². The van der Waals surface area contributed by atoms with Gasteiger partial charge in [-0.25, -0.2) is 0 Å². The number of carbonyl (C=O) groups is 1. The zero-order valence-electron chi connectivity index (χ0n) is 9.50. The largest absolute Gasteiger partial charge is 0.368 e. The molecule has 3 N–H and O–H groups in total. The minimum Gasteiger partial charge on any atom is -0.368 e. The van der Waals surface area contributed by atoms with Gasteiger partial charge in [0.05, 0.1) is 6.04 Å². The molecule has 0 aromatic carbocycles. The smallest absolute Gasteiger partial charge is 0.234 e. The first-order chi connectivity index (χ1) is 7.24. The van der Waals surface area contributed by atoms with Crippen LogP contribution in [-0.2, 0) is 4.79 Å². The van der Waals surface area contributed by atoms with Crippen LogP contribution in [-0.4, -0.2) is 30.0 Å². The molecule has 1 atom stereocenters. The number of hydrogen-bond acceptors (Lipinski definition) is 3. The van der Waals surface area contributed by atoms with Gasteiger partial charge < -0.3 is 11.1 Å². The number of hydrogen-bond donors (Lipinski definition) is 2. The van der Waals surface area contributed by atoms with Crippen LogP contribution in [0.1, 0.15) is 38.5 Å². The Labute approximate surface area is 96.6 Å². The molecule has 1 aliphatic carbocycles. The molecule has 1 fully saturated rings. The summed E-state index contributed by atoms with van der Waals surface area (Å²) < 4.78 is 0. The summed E-state index contributed by atoms with van der Waals surface area (Å²) in [6.45, 7) is 0. The standard InChI is InChI=1S/C11H22N2OS/c1-15-8-4-7-10(11(12)14)13-9-5-2-3-6-9/h9-10,13H,2-8H2,1H3,(H2,12,14). The molecule has 15 heavy (non-hydrogen) atoms. The molecule has 3 nitrogen and oxygen atoms in total. The van der Waals surface area contributed by atoms with E-state index in [2.05, 4.69) is 11.6 Å². The second-order valence-corrected chi connectivity index (χ2v) is 5.22. The Kier molecular flexibility index (Phi) is 6.10. The highest BCUT2D eigenvalue weighted by Crippen LogP contribution is 2.18. The van der Waals surface area contributed by atoms with Crippen LogP contribution in [0.15, 0.2) is 0 Å². The fourth-order valence-electron chi connectivity index (χ4n) is 2.12. The van der Waals surface area contributed by atoms with Crippen molar-refractivity contribution >= 4 is 17.7 Å². The number of nitrogens with two attached hydrogens (primary N) is 1. The van der Waals surface area contributed by atoms with Gasteiger partial charge in [0.25, 0.3) is 0 Å². The molecule has 0 heterocycles. The van der Waals surface area contributed by atoms with Crippen molar-refractivity contribution in [1.82, 2.24) is 5.32 Å². The Bertz CT molecular complexity index is 193. The van der Waals surface area contributed by atoms with Gasteiger partial charge in [-0.2, -0.15) is 11.8 Å². The zero-order chi connectivity index (χ0) is 11.1. The molecular formula is C11H22N2OS. The van der Waals surface area contributed by atoms with Crippen LogP contribution >= 0.6 is 11.8 Å². The highest BCUT2D eigenvalue weighted by Gasteiger charge is 2.21. The van der Waals surface area contributed by atoms with E-state index in [0.29, 0.717) is 6.04 Å². The Morgan fingerprint density at radius 3 is 2.73 bits per heavy atom. The van der Waals surface area contributed by atoms with Gasteiger partial charge in [0.15, 0.2) is 0 Å². The molecular weight excluding hydrogens is 208 g/mol. The predicted molar refractivity (Wildman–Crippen MR) is 66.0 cm³/mol. The van der Waals surface area contributed by atoms with Crippen LogP contribution in [0.5, 0.6) is 0 Å². The van der Waals surface area contributed by atoms with Crippen molar-refractivity contribution < 1.29 is 4.79 Å². The summed E-state index contributed by atoms with van der Waals surface area (Å²) in [4.78, 5) is 11.2. The Morgan fingerprint density at radius 1 is 1.53 bits per heavy atom. The zero-order valence-corrected chi connectivity index (χ0v) is 10.3. The number of amides is 1. The molecule has 1 rings (SSSR count). The number of primary amides is 1. The second kappa shape index (κ2) is 7.12. The minimum absolute atomic E-state index is 0.111. The molecule has 0 bridgehead atoms. The summed E-state index contributed by atoms with van der Waals surface area (Å²) in [6, 6.07) is 0.414. The summed E-state index contributed by atoms with van der Waals surface area (Å²) in [6.07, 6.45) is 9.01. The van der Waals surface area contributed by atoms with Gasteiger partial charge in [-0.05, 0) is 37.7 Å². The van der Waals surface area contributed by atoms with Crippen LogP contribution in [0, 0.1) is 0 Å². The molecule has 1 saturated carbocycles. The van der Waals surface area contributed by atoms with Gasteiger partial charge in [0.1, 0.15) is 0 Å². The van der Waals surface area contributed by atoms with Gasteiger partial charge >= 0.3 is 0 Å². The average molecular weight is 230 g/mol. The number of thioether (sulfide) groups is 1. The lowest BCUT2D eigenvalue weighted by Gasteiger charge is -2.19. The van der Waals surface area contributed by atoms with E-state index in [1.807, 2.05) is 11.8 Å². The molecule has 0 saturated heterocycles. The molecule has 1 amide bonds. The summed E-state index contributed by atoms with van der Waals surface area (Å²) >= 11 is 1.82. The maximum atomic E-state index is 11.2. The number of rotatable bonds is 7. The highest BCUT2D eigenvalue weighted by atomic mass is 32.2. The lowest BCUT2D eigenvalue weighted by molar-refractivity contribution is -0.120. The summed E-state index contributed by atoms with van der Waals surface area (Å²) in [5, 5.41) is 3.39. The van der Waals surface area contributed by atoms with Gasteiger partial charge in [0.2, 0.25) is 5.91 Å². The van der Waals surface area contributed by atoms with Crippen LogP contribution in [0.4, 0.5) is 0 Å². The maximum Gasteiger partial charge on any atom is 0.234 e. The van der Waals surface area contributed by atoms with Crippen molar-refractivity contribution in [1.29, 1.82) is 0 Å². The first-order valence-electron chi connectivity index (χ1n) is 5.78. The lowest BCUT2D eigenvalue weighted by Crippen LogP contribution is -2.45. The SMILES string of the molecule is CSCCCC(NC1CCCC1)C(N)=O. The average Bonchev–Trinajstić information content (AvgIpc) is 2.69. The normalized spacial score (nSPS) is 19.3. The first kappa shape index (κ1) is 12.8. The quantitative estimate of drug-likeness (QED) is 0.652. The van der Waals surface area contributed by atoms with Gasteiger partial charge in [-0.1, -0.05) is 12.8 Å². The van der Waals surface area contributed by atoms with Crippen molar-refractivity contribution in [2.75, 3.05) is 12.0 Å². The van der Waals surface area contributed by atoms with Crippen molar-refractivity contribution in [3.8, 4) is 0 Å². The van der Waals surface area contributed by atoms with Crippen LogP contribution < -0.4 is 11.1 Å². The summed E-state index contributed by atoms with van der Waals surface area (Å²) in [7, 11) is 0. The van der Waals surface area contributed by atoms with Crippen molar-refractivity contribution in [3.05, 3.63) is 0 Å². The summed E-state index contributed by atoms with van der Waals surface area (Å²) in [5.74, 6) is 0.916. The van der Waals surface area contributed by atoms with Crippen molar-refractivity contribution in [2.24, 2.45) is 5.73 Å². The predicted octanol–water partition coefficient (Wildman–Crippen LogP) is 1.52. The fraction of sp³-hybridized carbons (Fsp3) is 0.909. The first-order valence-corrected chi connectivity index (χ1v) is 7.17. The molecule has 0 spiro atoms. The molecule has 88 valence electrons. The van der Waals surface area contributed by atoms with E-state index in [1.165, 1.54) is 25.7 Å². The van der Waals surface area contributed by atoms with E-state index in [-0.39, 0.29) is 11.9 Å². The molecule has 0 aromatic heterocycles. The Balaban J connectivity index is 2.26. The van der Waals surface area contributed by atoms with E-state index in [0.717, 1.165) is 18.6 Å². The second-order valence-electron chi connectivity index (χ2n) is 4.24. The maximum absolute atomic E-state index is 11.2. The fourth-order valence-corrected chi connectivity index (χ4v) is 2.57. The lowest BCUT2D eigenvalue weighted by atomic mass is 10.1. The minimum atomic E-state index is -0.192. The topological polar surface area (TPSA) is 55.1 Å². The molecule has 1 unspecified atom stereocenters. The van der Waals surface area contributed by atoms with Crippen molar-refractivity contribution in [2.45, 2.75) is 50.6 Å². The van der Waals surface area contributed by atoms with Crippen LogP contribution in [0.3, 0.4) is 0 Å². The van der Waals surface area contributed by atoms with Crippen LogP contribution in [0.2, 0.25) is 0 Å². The third-order valence-electron chi connectivity index (χ3n) is 2.98. The van der Waals surface area contributed by atoms with E-state index in [4.69, 9.17) is 5.73 Å². The molecule has 1 aliphatic rings. The van der Waals surface area contributed by atoms with Gasteiger partial charge in [0, 0.05) is 6.04 Å². The van der Waals surface area contributed by atoms with Crippen molar-refractivity contribution in [3.63, 3.8) is 0 Å². The van der Waals surface area contributed by atoms with E-state index >= 15 is 0 Å². The third-order valence-corrected chi connectivity index (χ3v) is 3.67. The highest BCUT2D eigenvalue weighted by molar-refractivity contribution is 7.98. The molecule has 0 radical (unpaired) electrons.